The predicted molar refractivity (Wildman–Crippen MR) is 92.5 cm³/mol. The molecule has 1 aliphatic heterocycles. The summed E-state index contributed by atoms with van der Waals surface area (Å²) < 4.78 is 0. The van der Waals surface area contributed by atoms with Crippen LogP contribution in [0.4, 0.5) is 5.82 Å². The minimum Gasteiger partial charge on any atom is -0.393 e. The fourth-order valence-corrected chi connectivity index (χ4v) is 2.98. The fourth-order valence-electron chi connectivity index (χ4n) is 2.98. The summed E-state index contributed by atoms with van der Waals surface area (Å²) in [6.45, 7) is 1.66. The summed E-state index contributed by atoms with van der Waals surface area (Å²) in [4.78, 5) is 11.3. The molecule has 2 aromatic heterocycles. The number of aromatic nitrogens is 4. The molecule has 0 bridgehead atoms. The SMILES string of the molecule is OC1CCN(c2ccnc(-c3ccc(-c4cn[nH]c4)cc3)n2)CC1. The van der Waals surface area contributed by atoms with Crippen molar-refractivity contribution in [2.45, 2.75) is 18.9 Å². The monoisotopic (exact) mass is 321 g/mol. The summed E-state index contributed by atoms with van der Waals surface area (Å²) in [5.41, 5.74) is 3.15. The van der Waals surface area contributed by atoms with E-state index in [1.807, 2.05) is 36.5 Å². The highest BCUT2D eigenvalue weighted by Gasteiger charge is 2.18. The van der Waals surface area contributed by atoms with Gasteiger partial charge in [-0.3, -0.25) is 5.10 Å². The van der Waals surface area contributed by atoms with Gasteiger partial charge in [-0.25, -0.2) is 9.97 Å². The standard InChI is InChI=1S/C18H19N5O/c24-16-6-9-23(10-7-16)17-5-8-19-18(22-17)14-3-1-13(2-4-14)15-11-20-21-12-15/h1-5,8,11-12,16,24H,6-7,9-10H2,(H,20,21). The van der Waals surface area contributed by atoms with Crippen molar-refractivity contribution < 1.29 is 5.11 Å². The van der Waals surface area contributed by atoms with Crippen molar-refractivity contribution in [3.8, 4) is 22.5 Å². The van der Waals surface area contributed by atoms with Gasteiger partial charge < -0.3 is 10.0 Å². The highest BCUT2D eigenvalue weighted by molar-refractivity contribution is 5.67. The molecule has 0 radical (unpaired) electrons. The van der Waals surface area contributed by atoms with E-state index in [4.69, 9.17) is 4.98 Å². The van der Waals surface area contributed by atoms with Crippen LogP contribution in [0, 0.1) is 0 Å². The van der Waals surface area contributed by atoms with Gasteiger partial charge in [-0.05, 0) is 24.5 Å². The average Bonchev–Trinajstić information content (AvgIpc) is 3.17. The van der Waals surface area contributed by atoms with Gasteiger partial charge in [0.25, 0.3) is 0 Å². The predicted octanol–water partition coefficient (Wildman–Crippen LogP) is 2.49. The molecule has 4 rings (SSSR count). The zero-order valence-corrected chi connectivity index (χ0v) is 13.3. The largest absolute Gasteiger partial charge is 0.393 e. The van der Waals surface area contributed by atoms with Crippen molar-refractivity contribution in [3.05, 3.63) is 48.9 Å². The molecule has 0 saturated carbocycles. The first kappa shape index (κ1) is 14.8. The summed E-state index contributed by atoms with van der Waals surface area (Å²) in [6.07, 6.45) is 6.87. The Hall–Kier alpha value is -2.73. The number of nitrogens with zero attached hydrogens (tertiary/aromatic N) is 4. The number of aromatic amines is 1. The van der Waals surface area contributed by atoms with E-state index in [0.29, 0.717) is 0 Å². The summed E-state index contributed by atoms with van der Waals surface area (Å²) in [5, 5.41) is 16.4. The van der Waals surface area contributed by atoms with E-state index < -0.39 is 0 Å². The summed E-state index contributed by atoms with van der Waals surface area (Å²) in [5.74, 6) is 1.64. The molecule has 122 valence electrons. The van der Waals surface area contributed by atoms with E-state index in [-0.39, 0.29) is 6.10 Å². The molecule has 1 saturated heterocycles. The number of H-pyrrole nitrogens is 1. The van der Waals surface area contributed by atoms with Crippen molar-refractivity contribution in [3.63, 3.8) is 0 Å². The molecule has 0 unspecified atom stereocenters. The number of anilines is 1. The second-order valence-corrected chi connectivity index (χ2v) is 6.02. The van der Waals surface area contributed by atoms with Gasteiger partial charge in [0.1, 0.15) is 5.82 Å². The molecule has 2 N–H and O–H groups in total. The molecule has 3 heterocycles. The lowest BCUT2D eigenvalue weighted by Crippen LogP contribution is -2.36. The molecule has 1 aliphatic rings. The van der Waals surface area contributed by atoms with Crippen LogP contribution in [0.1, 0.15) is 12.8 Å². The van der Waals surface area contributed by atoms with Crippen LogP contribution in [0.2, 0.25) is 0 Å². The van der Waals surface area contributed by atoms with Crippen molar-refractivity contribution in [2.24, 2.45) is 0 Å². The molecule has 0 atom stereocenters. The molecule has 0 aliphatic carbocycles. The Morgan fingerprint density at radius 3 is 2.46 bits per heavy atom. The number of hydrogen-bond acceptors (Lipinski definition) is 5. The van der Waals surface area contributed by atoms with Crippen LogP contribution in [0.15, 0.2) is 48.9 Å². The number of aliphatic hydroxyl groups is 1. The van der Waals surface area contributed by atoms with Crippen molar-refractivity contribution in [1.29, 1.82) is 0 Å². The number of benzene rings is 1. The fraction of sp³-hybridized carbons (Fsp3) is 0.278. The molecule has 1 fully saturated rings. The molecular formula is C18H19N5O. The van der Waals surface area contributed by atoms with Crippen LogP contribution in [-0.4, -0.2) is 44.5 Å². The third kappa shape index (κ3) is 3.00. The van der Waals surface area contributed by atoms with Crippen LogP contribution in [-0.2, 0) is 0 Å². The second-order valence-electron chi connectivity index (χ2n) is 6.02. The molecule has 1 aromatic carbocycles. The van der Waals surface area contributed by atoms with Gasteiger partial charge in [-0.15, -0.1) is 0 Å². The number of nitrogens with one attached hydrogen (secondary N) is 1. The number of aliphatic hydroxyl groups excluding tert-OH is 1. The van der Waals surface area contributed by atoms with Crippen molar-refractivity contribution in [1.82, 2.24) is 20.2 Å². The minimum absolute atomic E-state index is 0.182. The Morgan fingerprint density at radius 2 is 1.75 bits per heavy atom. The molecule has 0 spiro atoms. The Balaban J connectivity index is 1.57. The number of rotatable bonds is 3. The zero-order valence-electron chi connectivity index (χ0n) is 13.3. The lowest BCUT2D eigenvalue weighted by molar-refractivity contribution is 0.145. The minimum atomic E-state index is -0.182. The summed E-state index contributed by atoms with van der Waals surface area (Å²) >= 11 is 0. The topological polar surface area (TPSA) is 77.9 Å². The van der Waals surface area contributed by atoms with Crippen molar-refractivity contribution >= 4 is 5.82 Å². The molecular weight excluding hydrogens is 302 g/mol. The van der Waals surface area contributed by atoms with E-state index >= 15 is 0 Å². The van der Waals surface area contributed by atoms with E-state index in [0.717, 1.165) is 54.3 Å². The smallest absolute Gasteiger partial charge is 0.161 e. The third-order valence-electron chi connectivity index (χ3n) is 4.40. The molecule has 6 heteroatoms. The van der Waals surface area contributed by atoms with Crippen LogP contribution < -0.4 is 4.90 Å². The van der Waals surface area contributed by atoms with Gasteiger partial charge in [-0.1, -0.05) is 24.3 Å². The molecule has 6 nitrogen and oxygen atoms in total. The van der Waals surface area contributed by atoms with Gasteiger partial charge in [0.2, 0.25) is 0 Å². The van der Waals surface area contributed by atoms with Crippen LogP contribution in [0.3, 0.4) is 0 Å². The van der Waals surface area contributed by atoms with E-state index in [9.17, 15) is 5.11 Å². The zero-order chi connectivity index (χ0) is 16.4. The maximum absolute atomic E-state index is 9.64. The van der Waals surface area contributed by atoms with Gasteiger partial charge in [0, 0.05) is 36.6 Å². The Labute approximate surface area is 140 Å². The Morgan fingerprint density at radius 1 is 1.00 bits per heavy atom. The highest BCUT2D eigenvalue weighted by atomic mass is 16.3. The van der Waals surface area contributed by atoms with Gasteiger partial charge >= 0.3 is 0 Å². The van der Waals surface area contributed by atoms with E-state index in [2.05, 4.69) is 20.1 Å². The van der Waals surface area contributed by atoms with Crippen LogP contribution >= 0.6 is 0 Å². The van der Waals surface area contributed by atoms with Gasteiger partial charge in [0.15, 0.2) is 5.82 Å². The number of hydrogen-bond donors (Lipinski definition) is 2. The average molecular weight is 321 g/mol. The summed E-state index contributed by atoms with van der Waals surface area (Å²) in [7, 11) is 0. The second kappa shape index (κ2) is 6.41. The van der Waals surface area contributed by atoms with Crippen molar-refractivity contribution in [2.75, 3.05) is 18.0 Å². The van der Waals surface area contributed by atoms with Gasteiger partial charge in [-0.2, -0.15) is 5.10 Å². The molecule has 3 aromatic rings. The maximum Gasteiger partial charge on any atom is 0.161 e. The molecule has 24 heavy (non-hydrogen) atoms. The van der Waals surface area contributed by atoms with Crippen LogP contribution in [0.25, 0.3) is 22.5 Å². The lowest BCUT2D eigenvalue weighted by Gasteiger charge is -2.30. The first-order valence-electron chi connectivity index (χ1n) is 8.15. The quantitative estimate of drug-likeness (QED) is 0.775. The maximum atomic E-state index is 9.64. The lowest BCUT2D eigenvalue weighted by atomic mass is 10.1. The highest BCUT2D eigenvalue weighted by Crippen LogP contribution is 2.24. The third-order valence-corrected chi connectivity index (χ3v) is 4.40. The Kier molecular flexibility index (Phi) is 3.96. The normalized spacial score (nSPS) is 15.6. The molecule has 0 amide bonds. The van der Waals surface area contributed by atoms with E-state index in [1.165, 1.54) is 0 Å². The Bertz CT molecular complexity index is 793. The first-order valence-corrected chi connectivity index (χ1v) is 8.15. The van der Waals surface area contributed by atoms with E-state index in [1.54, 1.807) is 12.4 Å². The van der Waals surface area contributed by atoms with Gasteiger partial charge in [0.05, 0.1) is 12.3 Å². The van der Waals surface area contributed by atoms with Crippen LogP contribution in [0.5, 0.6) is 0 Å². The number of piperidine rings is 1. The summed E-state index contributed by atoms with van der Waals surface area (Å²) in [6, 6.07) is 10.1. The first-order chi connectivity index (χ1) is 11.8.